The van der Waals surface area contributed by atoms with E-state index in [0.717, 1.165) is 16.6 Å². The standard InChI is InChI=1S/C25H21F3N4O3/c1-15(23(33)34)16-5-7-17(8-6-16)18-9-10-22-21(11-18)30-14-32(22)20-4-2-3-19(12-20)31-24(35)29-13-25(26,27)28/h2-12,14-15H,13H2,1H3,(H,33,34)(H2,29,31,35). The van der Waals surface area contributed by atoms with Crippen molar-refractivity contribution in [3.8, 4) is 16.8 Å². The number of aromatic nitrogens is 2. The summed E-state index contributed by atoms with van der Waals surface area (Å²) < 4.78 is 38.7. The number of fused-ring (bicyclic) bond motifs is 1. The normalized spacial score (nSPS) is 12.3. The van der Waals surface area contributed by atoms with Crippen LogP contribution in [0.5, 0.6) is 0 Å². The van der Waals surface area contributed by atoms with E-state index < -0.39 is 30.6 Å². The summed E-state index contributed by atoms with van der Waals surface area (Å²) in [7, 11) is 0. The monoisotopic (exact) mass is 482 g/mol. The van der Waals surface area contributed by atoms with Crippen molar-refractivity contribution in [3.63, 3.8) is 0 Å². The van der Waals surface area contributed by atoms with Gasteiger partial charge in [-0.15, -0.1) is 0 Å². The molecule has 0 aliphatic heterocycles. The zero-order valence-corrected chi connectivity index (χ0v) is 18.5. The molecule has 3 aromatic carbocycles. The summed E-state index contributed by atoms with van der Waals surface area (Å²) in [6.07, 6.45) is -2.87. The maximum atomic E-state index is 12.3. The van der Waals surface area contributed by atoms with Gasteiger partial charge in [0.05, 0.1) is 17.0 Å². The first-order chi connectivity index (χ1) is 16.6. The van der Waals surface area contributed by atoms with Crippen LogP contribution in [-0.2, 0) is 4.79 Å². The lowest BCUT2D eigenvalue weighted by atomic mass is 9.97. The molecule has 35 heavy (non-hydrogen) atoms. The predicted molar refractivity (Wildman–Crippen MR) is 126 cm³/mol. The zero-order chi connectivity index (χ0) is 25.2. The Morgan fingerprint density at radius 3 is 2.43 bits per heavy atom. The fraction of sp³-hybridized carbons (Fsp3) is 0.160. The van der Waals surface area contributed by atoms with Crippen molar-refractivity contribution in [2.75, 3.05) is 11.9 Å². The summed E-state index contributed by atoms with van der Waals surface area (Å²) in [4.78, 5) is 27.4. The van der Waals surface area contributed by atoms with Gasteiger partial charge in [-0.25, -0.2) is 9.78 Å². The van der Waals surface area contributed by atoms with Gasteiger partial charge in [-0.2, -0.15) is 13.2 Å². The predicted octanol–water partition coefficient (Wildman–Crippen LogP) is 5.56. The fourth-order valence-electron chi connectivity index (χ4n) is 3.59. The van der Waals surface area contributed by atoms with Crippen LogP contribution in [-0.4, -0.2) is 39.4 Å². The zero-order valence-electron chi connectivity index (χ0n) is 18.5. The number of hydrogen-bond acceptors (Lipinski definition) is 3. The van der Waals surface area contributed by atoms with E-state index in [1.165, 1.54) is 0 Å². The number of hydrogen-bond donors (Lipinski definition) is 3. The Morgan fingerprint density at radius 2 is 1.74 bits per heavy atom. The summed E-state index contributed by atoms with van der Waals surface area (Å²) >= 11 is 0. The van der Waals surface area contributed by atoms with Crippen LogP contribution in [0.2, 0.25) is 0 Å². The van der Waals surface area contributed by atoms with Gasteiger partial charge in [0, 0.05) is 11.4 Å². The van der Waals surface area contributed by atoms with Crippen LogP contribution in [0.25, 0.3) is 27.8 Å². The molecule has 1 aromatic heterocycles. The SMILES string of the molecule is CC(C(=O)O)c1ccc(-c2ccc3c(c2)ncn3-c2cccc(NC(=O)NCC(F)(F)F)c2)cc1. The van der Waals surface area contributed by atoms with E-state index in [-0.39, 0.29) is 0 Å². The Kier molecular flexibility index (Phi) is 6.46. The molecule has 0 bridgehead atoms. The molecular weight excluding hydrogens is 461 g/mol. The second-order valence-electron chi connectivity index (χ2n) is 7.97. The molecule has 7 nitrogen and oxygen atoms in total. The Balaban J connectivity index is 1.54. The van der Waals surface area contributed by atoms with Crippen LogP contribution in [0.4, 0.5) is 23.7 Å². The molecule has 2 amide bonds. The molecule has 10 heteroatoms. The number of halogens is 3. The van der Waals surface area contributed by atoms with Gasteiger partial charge in [-0.3, -0.25) is 9.36 Å². The lowest BCUT2D eigenvalue weighted by Crippen LogP contribution is -2.36. The Labute approximate surface area is 198 Å². The quantitative estimate of drug-likeness (QED) is 0.335. The van der Waals surface area contributed by atoms with E-state index >= 15 is 0 Å². The van der Waals surface area contributed by atoms with E-state index in [0.29, 0.717) is 22.5 Å². The molecule has 0 saturated heterocycles. The first kappa shape index (κ1) is 23.8. The molecule has 0 aliphatic carbocycles. The third-order valence-electron chi connectivity index (χ3n) is 5.49. The van der Waals surface area contributed by atoms with Crippen LogP contribution in [0.15, 0.2) is 73.1 Å². The molecule has 0 radical (unpaired) electrons. The number of alkyl halides is 3. The number of amides is 2. The van der Waals surface area contributed by atoms with Crippen molar-refractivity contribution in [1.29, 1.82) is 0 Å². The van der Waals surface area contributed by atoms with Gasteiger partial charge in [-0.1, -0.05) is 36.4 Å². The molecule has 1 heterocycles. The molecule has 0 aliphatic rings. The topological polar surface area (TPSA) is 96.2 Å². The number of rotatable bonds is 6. The summed E-state index contributed by atoms with van der Waals surface area (Å²) in [6.45, 7) is 0.212. The molecular formula is C25H21F3N4O3. The Morgan fingerprint density at radius 1 is 1.03 bits per heavy atom. The highest BCUT2D eigenvalue weighted by Gasteiger charge is 2.27. The summed E-state index contributed by atoms with van der Waals surface area (Å²) in [5.74, 6) is -1.48. The Hall–Kier alpha value is -4.34. The van der Waals surface area contributed by atoms with Crippen molar-refractivity contribution in [1.82, 2.24) is 14.9 Å². The van der Waals surface area contributed by atoms with E-state index in [2.05, 4.69) is 10.3 Å². The van der Waals surface area contributed by atoms with Crippen molar-refractivity contribution in [2.45, 2.75) is 19.0 Å². The summed E-state index contributed by atoms with van der Waals surface area (Å²) in [5.41, 5.74) is 5.05. The maximum Gasteiger partial charge on any atom is 0.405 e. The van der Waals surface area contributed by atoms with Gasteiger partial charge in [0.1, 0.15) is 12.9 Å². The second-order valence-corrected chi connectivity index (χ2v) is 7.97. The number of nitrogens with one attached hydrogen (secondary N) is 2. The van der Waals surface area contributed by atoms with E-state index in [4.69, 9.17) is 0 Å². The van der Waals surface area contributed by atoms with Crippen molar-refractivity contribution >= 4 is 28.7 Å². The molecule has 3 N–H and O–H groups in total. The van der Waals surface area contributed by atoms with Crippen molar-refractivity contribution in [2.24, 2.45) is 0 Å². The van der Waals surface area contributed by atoms with Crippen LogP contribution in [0, 0.1) is 0 Å². The average molecular weight is 482 g/mol. The van der Waals surface area contributed by atoms with Crippen LogP contribution >= 0.6 is 0 Å². The number of imidazole rings is 1. The maximum absolute atomic E-state index is 12.3. The smallest absolute Gasteiger partial charge is 0.405 e. The highest BCUT2D eigenvalue weighted by Crippen LogP contribution is 2.28. The number of anilines is 1. The fourth-order valence-corrected chi connectivity index (χ4v) is 3.59. The van der Waals surface area contributed by atoms with E-state index in [9.17, 15) is 27.9 Å². The largest absolute Gasteiger partial charge is 0.481 e. The highest BCUT2D eigenvalue weighted by molar-refractivity contribution is 5.90. The van der Waals surface area contributed by atoms with Crippen LogP contribution in [0.1, 0.15) is 18.4 Å². The third kappa shape index (κ3) is 5.60. The lowest BCUT2D eigenvalue weighted by molar-refractivity contribution is -0.138. The highest BCUT2D eigenvalue weighted by atomic mass is 19.4. The molecule has 0 spiro atoms. The summed E-state index contributed by atoms with van der Waals surface area (Å²) in [6, 6.07) is 18.7. The van der Waals surface area contributed by atoms with Crippen LogP contribution in [0.3, 0.4) is 0 Å². The number of carboxylic acids is 1. The number of benzene rings is 3. The van der Waals surface area contributed by atoms with Gasteiger partial charge in [-0.05, 0) is 53.9 Å². The van der Waals surface area contributed by atoms with E-state index in [1.54, 1.807) is 59.5 Å². The molecule has 180 valence electrons. The molecule has 4 rings (SSSR count). The van der Waals surface area contributed by atoms with E-state index in [1.807, 2.05) is 30.3 Å². The molecule has 1 atom stereocenters. The number of carbonyl (C=O) groups excluding carboxylic acids is 1. The number of urea groups is 1. The molecule has 0 saturated carbocycles. The lowest BCUT2D eigenvalue weighted by Gasteiger charge is -2.11. The molecule has 4 aromatic rings. The first-order valence-corrected chi connectivity index (χ1v) is 10.6. The van der Waals surface area contributed by atoms with Gasteiger partial charge in [0.25, 0.3) is 0 Å². The number of carbonyl (C=O) groups is 2. The van der Waals surface area contributed by atoms with Crippen LogP contribution < -0.4 is 10.6 Å². The minimum atomic E-state index is -4.49. The molecule has 0 fully saturated rings. The van der Waals surface area contributed by atoms with Gasteiger partial charge in [0.2, 0.25) is 0 Å². The molecule has 1 unspecified atom stereocenters. The van der Waals surface area contributed by atoms with Gasteiger partial charge in [0.15, 0.2) is 0 Å². The summed E-state index contributed by atoms with van der Waals surface area (Å²) in [5, 5.41) is 13.3. The van der Waals surface area contributed by atoms with Gasteiger partial charge < -0.3 is 15.7 Å². The minimum Gasteiger partial charge on any atom is -0.481 e. The minimum absolute atomic E-state index is 0.330. The van der Waals surface area contributed by atoms with Crippen molar-refractivity contribution in [3.05, 3.63) is 78.6 Å². The van der Waals surface area contributed by atoms with Gasteiger partial charge >= 0.3 is 18.2 Å². The number of nitrogens with zero attached hydrogens (tertiary/aromatic N) is 2. The average Bonchev–Trinajstić information content (AvgIpc) is 3.25. The Bertz CT molecular complexity index is 1380. The second kappa shape index (κ2) is 9.49. The number of aliphatic carboxylic acids is 1. The number of carboxylic acid groups (broad SMARTS) is 1. The first-order valence-electron chi connectivity index (χ1n) is 10.6. The van der Waals surface area contributed by atoms with Crippen molar-refractivity contribution < 1.29 is 27.9 Å². The third-order valence-corrected chi connectivity index (χ3v) is 5.49.